The van der Waals surface area contributed by atoms with Gasteiger partial charge in [-0.3, -0.25) is 14.4 Å². The SMILES string of the molecule is CC12CCC(C(=O)NCc3ccc(F)cc3)(C(=O)C1=O)C2(C)C. The maximum Gasteiger partial charge on any atom is 0.235 e. The summed E-state index contributed by atoms with van der Waals surface area (Å²) in [7, 11) is 0. The zero-order valence-corrected chi connectivity index (χ0v) is 13.5. The summed E-state index contributed by atoms with van der Waals surface area (Å²) < 4.78 is 12.9. The number of amides is 1. The molecule has 0 radical (unpaired) electrons. The van der Waals surface area contributed by atoms with Gasteiger partial charge in [0.05, 0.1) is 0 Å². The maximum atomic E-state index is 12.9. The van der Waals surface area contributed by atoms with Crippen LogP contribution in [-0.2, 0) is 20.9 Å². The van der Waals surface area contributed by atoms with Gasteiger partial charge in [-0.25, -0.2) is 4.39 Å². The quantitative estimate of drug-likeness (QED) is 0.688. The number of nitrogens with one attached hydrogen (secondary N) is 1. The first-order valence-corrected chi connectivity index (χ1v) is 7.79. The van der Waals surface area contributed by atoms with Gasteiger partial charge in [-0.15, -0.1) is 0 Å². The minimum absolute atomic E-state index is 0.204. The number of fused-ring (bicyclic) bond motifs is 2. The van der Waals surface area contributed by atoms with Crippen molar-refractivity contribution in [1.82, 2.24) is 5.32 Å². The van der Waals surface area contributed by atoms with Gasteiger partial charge in [0.1, 0.15) is 11.2 Å². The van der Waals surface area contributed by atoms with E-state index >= 15 is 0 Å². The molecule has 2 aliphatic rings. The molecule has 0 aromatic heterocycles. The van der Waals surface area contributed by atoms with Crippen LogP contribution in [0, 0.1) is 22.1 Å². The molecule has 0 heterocycles. The Morgan fingerprint density at radius 3 is 2.22 bits per heavy atom. The second kappa shape index (κ2) is 4.73. The van der Waals surface area contributed by atoms with Crippen LogP contribution in [-0.4, -0.2) is 17.5 Å². The number of carbonyl (C=O) groups is 3. The van der Waals surface area contributed by atoms with Crippen LogP contribution in [0.4, 0.5) is 4.39 Å². The number of halogens is 1. The fourth-order valence-electron chi connectivity index (χ4n) is 4.21. The van der Waals surface area contributed by atoms with Gasteiger partial charge in [0.15, 0.2) is 0 Å². The lowest BCUT2D eigenvalue weighted by molar-refractivity contribution is -0.149. The van der Waals surface area contributed by atoms with Gasteiger partial charge in [0, 0.05) is 12.0 Å². The first kappa shape index (κ1) is 15.8. The molecule has 4 nitrogen and oxygen atoms in total. The van der Waals surface area contributed by atoms with Crippen molar-refractivity contribution in [3.63, 3.8) is 0 Å². The molecule has 2 atom stereocenters. The first-order chi connectivity index (χ1) is 10.7. The zero-order valence-electron chi connectivity index (χ0n) is 13.5. The summed E-state index contributed by atoms with van der Waals surface area (Å²) in [6.07, 6.45) is 0.949. The van der Waals surface area contributed by atoms with Gasteiger partial charge in [0.25, 0.3) is 0 Å². The summed E-state index contributed by atoms with van der Waals surface area (Å²) in [5.41, 5.74) is -2.01. The molecule has 0 saturated heterocycles. The van der Waals surface area contributed by atoms with Crippen LogP contribution < -0.4 is 5.32 Å². The van der Waals surface area contributed by atoms with Gasteiger partial charge in [-0.1, -0.05) is 32.9 Å². The fraction of sp³-hybridized carbons (Fsp3) is 0.500. The van der Waals surface area contributed by atoms with Gasteiger partial charge >= 0.3 is 0 Å². The second-order valence-corrected chi connectivity index (χ2v) is 7.33. The van der Waals surface area contributed by atoms with E-state index in [-0.39, 0.29) is 12.4 Å². The van der Waals surface area contributed by atoms with Crippen molar-refractivity contribution in [1.29, 1.82) is 0 Å². The summed E-state index contributed by atoms with van der Waals surface area (Å²) in [6, 6.07) is 5.80. The predicted octanol–water partition coefficient (Wildman–Crippen LogP) is 2.41. The molecule has 122 valence electrons. The van der Waals surface area contributed by atoms with E-state index in [2.05, 4.69) is 5.32 Å². The van der Waals surface area contributed by atoms with Crippen LogP contribution in [0.5, 0.6) is 0 Å². The lowest BCUT2D eigenvalue weighted by Crippen LogP contribution is -2.50. The lowest BCUT2D eigenvalue weighted by atomic mass is 9.64. The molecule has 1 aromatic carbocycles. The topological polar surface area (TPSA) is 63.2 Å². The van der Waals surface area contributed by atoms with E-state index in [4.69, 9.17) is 0 Å². The number of rotatable bonds is 3. The molecule has 23 heavy (non-hydrogen) atoms. The van der Waals surface area contributed by atoms with Crippen molar-refractivity contribution in [2.75, 3.05) is 0 Å². The number of ketones is 2. The van der Waals surface area contributed by atoms with Gasteiger partial charge in [-0.2, -0.15) is 0 Å². The highest BCUT2D eigenvalue weighted by Gasteiger charge is 2.77. The third-order valence-corrected chi connectivity index (χ3v) is 6.30. The van der Waals surface area contributed by atoms with Crippen LogP contribution in [0.15, 0.2) is 24.3 Å². The molecular formula is C18H20FNO3. The second-order valence-electron chi connectivity index (χ2n) is 7.33. The summed E-state index contributed by atoms with van der Waals surface area (Å²) in [5, 5.41) is 2.77. The highest BCUT2D eigenvalue weighted by molar-refractivity contribution is 6.48. The van der Waals surface area contributed by atoms with Crippen LogP contribution in [0.2, 0.25) is 0 Å². The van der Waals surface area contributed by atoms with E-state index in [1.807, 2.05) is 13.8 Å². The Kier molecular flexibility index (Phi) is 3.26. The summed E-state index contributed by atoms with van der Waals surface area (Å²) in [5.74, 6) is -1.73. The molecule has 1 aromatic rings. The van der Waals surface area contributed by atoms with E-state index in [9.17, 15) is 18.8 Å². The van der Waals surface area contributed by atoms with Crippen LogP contribution in [0.25, 0.3) is 0 Å². The largest absolute Gasteiger partial charge is 0.351 e. The molecule has 2 saturated carbocycles. The van der Waals surface area contributed by atoms with E-state index < -0.39 is 33.7 Å². The van der Waals surface area contributed by atoms with Gasteiger partial charge in [0.2, 0.25) is 17.5 Å². The van der Waals surface area contributed by atoms with Crippen molar-refractivity contribution in [3.05, 3.63) is 35.6 Å². The lowest BCUT2D eigenvalue weighted by Gasteiger charge is -2.37. The molecule has 2 aliphatic carbocycles. The number of Topliss-reactive ketones (excluding diaryl/α,β-unsaturated/α-hetero) is 2. The third-order valence-electron chi connectivity index (χ3n) is 6.30. The standard InChI is InChI=1S/C18H20FNO3/c1-16(2)17(3)8-9-18(16,14(22)13(17)21)15(23)20-10-11-4-6-12(19)7-5-11/h4-7H,8-10H2,1-3H3,(H,20,23). The zero-order chi connectivity index (χ0) is 17.0. The molecule has 2 fully saturated rings. The van der Waals surface area contributed by atoms with Crippen LogP contribution in [0.1, 0.15) is 39.2 Å². The Morgan fingerprint density at radius 2 is 1.70 bits per heavy atom. The molecule has 1 N–H and O–H groups in total. The third kappa shape index (κ3) is 1.79. The summed E-state index contributed by atoms with van der Waals surface area (Å²) in [6.45, 7) is 5.66. The molecule has 2 bridgehead atoms. The molecule has 0 spiro atoms. The Hall–Kier alpha value is -2.04. The molecule has 0 aliphatic heterocycles. The number of carbonyl (C=O) groups excluding carboxylic acids is 3. The Labute approximate surface area is 134 Å². The average molecular weight is 317 g/mol. The smallest absolute Gasteiger partial charge is 0.235 e. The predicted molar refractivity (Wildman–Crippen MR) is 81.8 cm³/mol. The minimum Gasteiger partial charge on any atom is -0.351 e. The van der Waals surface area contributed by atoms with Crippen molar-refractivity contribution in [2.24, 2.45) is 16.2 Å². The van der Waals surface area contributed by atoms with Crippen LogP contribution >= 0.6 is 0 Å². The molecule has 2 unspecified atom stereocenters. The average Bonchev–Trinajstić information content (AvgIpc) is 2.78. The summed E-state index contributed by atoms with van der Waals surface area (Å²) in [4.78, 5) is 37.7. The van der Waals surface area contributed by atoms with Crippen LogP contribution in [0.3, 0.4) is 0 Å². The molecule has 1 amide bonds. The number of benzene rings is 1. The number of hydrogen-bond donors (Lipinski definition) is 1. The van der Waals surface area contributed by atoms with Crippen molar-refractivity contribution in [3.8, 4) is 0 Å². The maximum absolute atomic E-state index is 12.9. The fourth-order valence-corrected chi connectivity index (χ4v) is 4.21. The van der Waals surface area contributed by atoms with Gasteiger partial charge in [-0.05, 0) is 36.0 Å². The minimum atomic E-state index is -1.28. The van der Waals surface area contributed by atoms with E-state index in [0.29, 0.717) is 12.8 Å². The Morgan fingerprint density at radius 1 is 1.09 bits per heavy atom. The number of hydrogen-bond acceptors (Lipinski definition) is 3. The summed E-state index contributed by atoms with van der Waals surface area (Å²) >= 11 is 0. The van der Waals surface area contributed by atoms with Crippen molar-refractivity contribution in [2.45, 2.75) is 40.2 Å². The van der Waals surface area contributed by atoms with Gasteiger partial charge < -0.3 is 5.32 Å². The van der Waals surface area contributed by atoms with E-state index in [0.717, 1.165) is 5.56 Å². The van der Waals surface area contributed by atoms with E-state index in [1.54, 1.807) is 19.1 Å². The molecular weight excluding hydrogens is 297 g/mol. The highest BCUT2D eigenvalue weighted by atomic mass is 19.1. The monoisotopic (exact) mass is 317 g/mol. The molecule has 5 heteroatoms. The highest BCUT2D eigenvalue weighted by Crippen LogP contribution is 2.68. The molecule has 3 rings (SSSR count). The first-order valence-electron chi connectivity index (χ1n) is 7.79. The van der Waals surface area contributed by atoms with Crippen molar-refractivity contribution >= 4 is 17.5 Å². The normalized spacial score (nSPS) is 31.5. The Bertz CT molecular complexity index is 709. The van der Waals surface area contributed by atoms with E-state index in [1.165, 1.54) is 12.1 Å². The van der Waals surface area contributed by atoms with Crippen molar-refractivity contribution < 1.29 is 18.8 Å². The Balaban J connectivity index is 1.85.